The Morgan fingerprint density at radius 2 is 2.00 bits per heavy atom. The van der Waals surface area contributed by atoms with Crippen LogP contribution in [-0.2, 0) is 4.74 Å². The minimum absolute atomic E-state index is 0.209. The predicted octanol–water partition coefficient (Wildman–Crippen LogP) is 2.23. The molecule has 0 radical (unpaired) electrons. The zero-order chi connectivity index (χ0) is 17.2. The summed E-state index contributed by atoms with van der Waals surface area (Å²) in [7, 11) is 0. The van der Waals surface area contributed by atoms with Gasteiger partial charge in [0.05, 0.1) is 25.1 Å². The molecule has 128 valence electrons. The molecule has 4 rings (SSSR count). The van der Waals surface area contributed by atoms with Crippen molar-refractivity contribution in [1.82, 2.24) is 19.9 Å². The van der Waals surface area contributed by atoms with Crippen LogP contribution in [0.2, 0.25) is 0 Å². The molecule has 0 aliphatic carbocycles. The number of hydrogen-bond donors (Lipinski definition) is 1. The quantitative estimate of drug-likeness (QED) is 0.716. The van der Waals surface area contributed by atoms with Gasteiger partial charge in [-0.15, -0.1) is 11.8 Å². The number of ether oxygens (including phenoxy) is 1. The van der Waals surface area contributed by atoms with Crippen molar-refractivity contribution in [3.8, 4) is 11.3 Å². The summed E-state index contributed by atoms with van der Waals surface area (Å²) in [6.07, 6.45) is 3.79. The van der Waals surface area contributed by atoms with Gasteiger partial charge in [-0.2, -0.15) is 9.97 Å². The second-order valence-electron chi connectivity index (χ2n) is 5.66. The van der Waals surface area contributed by atoms with E-state index in [4.69, 9.17) is 15.5 Å². The van der Waals surface area contributed by atoms with E-state index in [0.717, 1.165) is 30.2 Å². The summed E-state index contributed by atoms with van der Waals surface area (Å²) < 4.78 is 5.43. The van der Waals surface area contributed by atoms with Gasteiger partial charge in [0, 0.05) is 23.5 Å². The average molecular weight is 354 g/mol. The lowest BCUT2D eigenvalue weighted by Crippen LogP contribution is -2.37. The zero-order valence-electron chi connectivity index (χ0n) is 13.8. The highest BCUT2D eigenvalue weighted by Gasteiger charge is 2.19. The van der Waals surface area contributed by atoms with Gasteiger partial charge in [-0.3, -0.25) is 0 Å². The van der Waals surface area contributed by atoms with E-state index in [-0.39, 0.29) is 5.95 Å². The fourth-order valence-corrected chi connectivity index (χ4v) is 3.29. The van der Waals surface area contributed by atoms with Crippen LogP contribution in [0.25, 0.3) is 22.4 Å². The van der Waals surface area contributed by atoms with Gasteiger partial charge in [-0.05, 0) is 18.4 Å². The molecule has 0 unspecified atom stereocenters. The molecule has 0 saturated carbocycles. The number of benzene rings is 1. The van der Waals surface area contributed by atoms with Crippen LogP contribution in [0.1, 0.15) is 0 Å². The Labute approximate surface area is 149 Å². The lowest BCUT2D eigenvalue weighted by molar-refractivity contribution is 0.122. The molecule has 2 N–H and O–H groups in total. The molecular formula is C17H18N6OS. The second kappa shape index (κ2) is 6.81. The lowest BCUT2D eigenvalue weighted by atomic mass is 10.1. The first kappa shape index (κ1) is 16.0. The molecular weight excluding hydrogens is 336 g/mol. The zero-order valence-corrected chi connectivity index (χ0v) is 14.7. The van der Waals surface area contributed by atoms with E-state index in [1.807, 2.05) is 12.1 Å². The summed E-state index contributed by atoms with van der Waals surface area (Å²) in [5.74, 6) is 0.932. The Hall–Kier alpha value is -2.45. The minimum atomic E-state index is 0.209. The molecule has 1 fully saturated rings. The van der Waals surface area contributed by atoms with Crippen LogP contribution in [0.3, 0.4) is 0 Å². The molecule has 1 aliphatic rings. The van der Waals surface area contributed by atoms with Crippen molar-refractivity contribution in [2.24, 2.45) is 0 Å². The molecule has 25 heavy (non-hydrogen) atoms. The maximum absolute atomic E-state index is 5.87. The molecule has 3 aromatic rings. The lowest BCUT2D eigenvalue weighted by Gasteiger charge is -2.28. The minimum Gasteiger partial charge on any atom is -0.378 e. The molecule has 1 saturated heterocycles. The van der Waals surface area contributed by atoms with E-state index in [2.05, 4.69) is 38.2 Å². The fraction of sp³-hybridized carbons (Fsp3) is 0.294. The number of nitrogen functional groups attached to an aromatic ring is 1. The van der Waals surface area contributed by atoms with Gasteiger partial charge in [-0.25, -0.2) is 9.97 Å². The summed E-state index contributed by atoms with van der Waals surface area (Å²) >= 11 is 1.70. The number of fused-ring (bicyclic) bond motifs is 1. The highest BCUT2D eigenvalue weighted by atomic mass is 32.2. The van der Waals surface area contributed by atoms with Gasteiger partial charge in [0.2, 0.25) is 5.95 Å². The third-order valence-corrected chi connectivity index (χ3v) is 4.81. The van der Waals surface area contributed by atoms with Gasteiger partial charge >= 0.3 is 0 Å². The largest absolute Gasteiger partial charge is 0.378 e. The van der Waals surface area contributed by atoms with Gasteiger partial charge < -0.3 is 15.4 Å². The molecule has 0 bridgehead atoms. The fourth-order valence-electron chi connectivity index (χ4n) is 2.83. The highest BCUT2D eigenvalue weighted by molar-refractivity contribution is 7.98. The van der Waals surface area contributed by atoms with Crippen molar-refractivity contribution >= 4 is 34.7 Å². The van der Waals surface area contributed by atoms with Gasteiger partial charge in [-0.1, -0.05) is 12.1 Å². The smallest absolute Gasteiger partial charge is 0.224 e. The SMILES string of the molecule is CSc1cccc(-c2cnc3nc(N)nc(N4CCOCC4)c3n2)c1. The number of hydrogen-bond acceptors (Lipinski definition) is 8. The van der Waals surface area contributed by atoms with Crippen LogP contribution in [-0.4, -0.2) is 52.5 Å². The van der Waals surface area contributed by atoms with Gasteiger partial charge in [0.25, 0.3) is 0 Å². The number of thioether (sulfide) groups is 1. The van der Waals surface area contributed by atoms with E-state index in [1.54, 1.807) is 18.0 Å². The Morgan fingerprint density at radius 3 is 2.80 bits per heavy atom. The first-order valence-electron chi connectivity index (χ1n) is 8.02. The Balaban J connectivity index is 1.84. The van der Waals surface area contributed by atoms with Crippen molar-refractivity contribution in [2.75, 3.05) is 43.2 Å². The molecule has 0 atom stereocenters. The van der Waals surface area contributed by atoms with Crippen LogP contribution in [0.5, 0.6) is 0 Å². The maximum Gasteiger partial charge on any atom is 0.224 e. The predicted molar refractivity (Wildman–Crippen MR) is 99.8 cm³/mol. The second-order valence-corrected chi connectivity index (χ2v) is 6.54. The van der Waals surface area contributed by atoms with Crippen LogP contribution in [0, 0.1) is 0 Å². The summed E-state index contributed by atoms with van der Waals surface area (Å²) in [6.45, 7) is 2.82. The maximum atomic E-state index is 5.87. The van der Waals surface area contributed by atoms with Crippen LogP contribution >= 0.6 is 11.8 Å². The Morgan fingerprint density at radius 1 is 1.16 bits per heavy atom. The summed E-state index contributed by atoms with van der Waals surface area (Å²) in [6, 6.07) is 8.23. The molecule has 2 aromatic heterocycles. The molecule has 8 heteroatoms. The normalized spacial score (nSPS) is 14.8. The number of nitrogens with zero attached hydrogens (tertiary/aromatic N) is 5. The molecule has 3 heterocycles. The van der Waals surface area contributed by atoms with E-state index in [1.165, 1.54) is 4.90 Å². The standard InChI is InChI=1S/C17H18N6OS/c1-25-12-4-2-3-11(9-12)13-10-19-15-14(20-13)16(22-17(18)21-15)23-5-7-24-8-6-23/h2-4,9-10H,5-8H2,1H3,(H2,18,19,21,22). The average Bonchev–Trinajstić information content (AvgIpc) is 2.67. The van der Waals surface area contributed by atoms with Crippen molar-refractivity contribution in [3.63, 3.8) is 0 Å². The Bertz CT molecular complexity index is 913. The third kappa shape index (κ3) is 3.22. The third-order valence-electron chi connectivity index (χ3n) is 4.08. The van der Waals surface area contributed by atoms with Gasteiger partial charge in [0.1, 0.15) is 0 Å². The van der Waals surface area contributed by atoms with E-state index in [9.17, 15) is 0 Å². The summed E-state index contributed by atoms with van der Waals surface area (Å²) in [4.78, 5) is 21.2. The molecule has 0 amide bonds. The van der Waals surface area contributed by atoms with Crippen molar-refractivity contribution in [3.05, 3.63) is 30.5 Å². The number of nitrogens with two attached hydrogens (primary N) is 1. The molecule has 0 spiro atoms. The van der Waals surface area contributed by atoms with E-state index >= 15 is 0 Å². The topological polar surface area (TPSA) is 90.0 Å². The number of aromatic nitrogens is 4. The van der Waals surface area contributed by atoms with Crippen LogP contribution in [0.4, 0.5) is 11.8 Å². The van der Waals surface area contributed by atoms with Crippen LogP contribution in [0.15, 0.2) is 35.4 Å². The summed E-state index contributed by atoms with van der Waals surface area (Å²) in [5.41, 5.74) is 8.87. The number of morpholine rings is 1. The van der Waals surface area contributed by atoms with Gasteiger partial charge in [0.15, 0.2) is 17.0 Å². The first-order valence-corrected chi connectivity index (χ1v) is 9.24. The number of anilines is 2. The molecule has 1 aromatic carbocycles. The van der Waals surface area contributed by atoms with Crippen molar-refractivity contribution < 1.29 is 4.74 Å². The van der Waals surface area contributed by atoms with E-state index < -0.39 is 0 Å². The van der Waals surface area contributed by atoms with Crippen molar-refractivity contribution in [1.29, 1.82) is 0 Å². The Kier molecular flexibility index (Phi) is 4.37. The molecule has 7 nitrogen and oxygen atoms in total. The van der Waals surface area contributed by atoms with Crippen molar-refractivity contribution in [2.45, 2.75) is 4.90 Å². The highest BCUT2D eigenvalue weighted by Crippen LogP contribution is 2.27. The number of rotatable bonds is 3. The molecule has 1 aliphatic heterocycles. The summed E-state index contributed by atoms with van der Waals surface area (Å²) in [5, 5.41) is 0. The monoisotopic (exact) mass is 354 g/mol. The first-order chi connectivity index (χ1) is 12.2. The van der Waals surface area contributed by atoms with E-state index in [0.29, 0.717) is 24.4 Å². The van der Waals surface area contributed by atoms with Crippen LogP contribution < -0.4 is 10.6 Å².